The van der Waals surface area contributed by atoms with Crippen molar-refractivity contribution in [1.29, 1.82) is 0 Å². The van der Waals surface area contributed by atoms with E-state index in [-0.39, 0.29) is 5.91 Å². The summed E-state index contributed by atoms with van der Waals surface area (Å²) in [4.78, 5) is 21.0. The van der Waals surface area contributed by atoms with Crippen LogP contribution < -0.4 is 5.73 Å². The van der Waals surface area contributed by atoms with E-state index in [0.717, 1.165) is 60.8 Å². The molecule has 1 aliphatic heterocycles. The summed E-state index contributed by atoms with van der Waals surface area (Å²) in [5, 5.41) is 0. The van der Waals surface area contributed by atoms with Gasteiger partial charge in [-0.15, -0.1) is 0 Å². The van der Waals surface area contributed by atoms with Crippen LogP contribution in [-0.2, 0) is 6.54 Å². The van der Waals surface area contributed by atoms with Crippen LogP contribution in [0.25, 0.3) is 11.1 Å². The molecule has 1 aromatic carbocycles. The Morgan fingerprint density at radius 2 is 1.68 bits per heavy atom. The Bertz CT molecular complexity index is 759. The van der Waals surface area contributed by atoms with Crippen molar-refractivity contribution in [1.82, 2.24) is 14.8 Å². The summed E-state index contributed by atoms with van der Waals surface area (Å²) >= 11 is 0. The number of primary amides is 1. The number of nitrogens with zero attached hydrogens (tertiary/aromatic N) is 3. The molecule has 2 N–H and O–H groups in total. The van der Waals surface area contributed by atoms with Crippen molar-refractivity contribution in [2.75, 3.05) is 33.2 Å². The normalized spacial score (nSPS) is 16.1. The van der Waals surface area contributed by atoms with Crippen molar-refractivity contribution in [3.63, 3.8) is 0 Å². The molecule has 0 spiro atoms. The van der Waals surface area contributed by atoms with Gasteiger partial charge in [0, 0.05) is 49.7 Å². The molecular weight excluding hydrogens is 312 g/mol. The maximum atomic E-state index is 11.9. The SMILES string of the molecule is Cc1cc(-c2ccc(C(N)=O)c(CN3CCN(C)CC3)c2)cc(C)n1. The molecule has 1 fully saturated rings. The van der Waals surface area contributed by atoms with Crippen LogP contribution in [0.4, 0.5) is 0 Å². The Labute approximate surface area is 149 Å². The van der Waals surface area contributed by atoms with Crippen LogP contribution in [0.5, 0.6) is 0 Å². The molecule has 0 saturated carbocycles. The van der Waals surface area contributed by atoms with Crippen LogP contribution in [0.1, 0.15) is 27.3 Å². The average Bonchev–Trinajstić information content (AvgIpc) is 2.56. The average molecular weight is 338 g/mol. The van der Waals surface area contributed by atoms with E-state index in [1.165, 1.54) is 0 Å². The van der Waals surface area contributed by atoms with Gasteiger partial charge in [-0.25, -0.2) is 0 Å². The summed E-state index contributed by atoms with van der Waals surface area (Å²) in [5.74, 6) is -0.363. The van der Waals surface area contributed by atoms with E-state index >= 15 is 0 Å². The topological polar surface area (TPSA) is 62.5 Å². The monoisotopic (exact) mass is 338 g/mol. The lowest BCUT2D eigenvalue weighted by Gasteiger charge is -2.32. The molecule has 25 heavy (non-hydrogen) atoms. The third-order valence-corrected chi connectivity index (χ3v) is 4.78. The van der Waals surface area contributed by atoms with Crippen LogP contribution >= 0.6 is 0 Å². The molecule has 0 atom stereocenters. The predicted octanol–water partition coefficient (Wildman–Crippen LogP) is 2.21. The molecule has 5 heteroatoms. The van der Waals surface area contributed by atoms with E-state index in [0.29, 0.717) is 5.56 Å². The molecule has 0 unspecified atom stereocenters. The van der Waals surface area contributed by atoms with Crippen molar-refractivity contribution in [2.24, 2.45) is 5.73 Å². The number of nitrogens with two attached hydrogens (primary N) is 1. The summed E-state index contributed by atoms with van der Waals surface area (Å²) in [5.41, 5.74) is 11.4. The third kappa shape index (κ3) is 4.24. The third-order valence-electron chi connectivity index (χ3n) is 4.78. The Kier molecular flexibility index (Phi) is 5.16. The smallest absolute Gasteiger partial charge is 0.249 e. The van der Waals surface area contributed by atoms with Gasteiger partial charge in [-0.2, -0.15) is 0 Å². The molecule has 0 radical (unpaired) electrons. The number of benzene rings is 1. The minimum Gasteiger partial charge on any atom is -0.366 e. The number of likely N-dealkylation sites (N-methyl/N-ethyl adjacent to an activating group) is 1. The highest BCUT2D eigenvalue weighted by molar-refractivity contribution is 5.95. The number of aryl methyl sites for hydroxylation is 2. The van der Waals surface area contributed by atoms with Gasteiger partial charge in [-0.3, -0.25) is 14.7 Å². The van der Waals surface area contributed by atoms with Gasteiger partial charge < -0.3 is 10.6 Å². The maximum absolute atomic E-state index is 11.9. The van der Waals surface area contributed by atoms with Gasteiger partial charge in [-0.1, -0.05) is 6.07 Å². The van der Waals surface area contributed by atoms with Gasteiger partial charge in [0.05, 0.1) is 0 Å². The number of carbonyl (C=O) groups is 1. The molecular formula is C20H26N4O. The number of piperazine rings is 1. The zero-order valence-corrected chi connectivity index (χ0v) is 15.2. The number of hydrogen-bond acceptors (Lipinski definition) is 4. The summed E-state index contributed by atoms with van der Waals surface area (Å²) < 4.78 is 0. The number of amides is 1. The van der Waals surface area contributed by atoms with Gasteiger partial charge >= 0.3 is 0 Å². The van der Waals surface area contributed by atoms with Gasteiger partial charge in [-0.05, 0) is 61.9 Å². The Hall–Kier alpha value is -2.24. The first-order chi connectivity index (χ1) is 11.9. The molecule has 2 aromatic rings. The number of rotatable bonds is 4. The van der Waals surface area contributed by atoms with E-state index in [1.54, 1.807) is 0 Å². The fourth-order valence-corrected chi connectivity index (χ4v) is 3.39. The highest BCUT2D eigenvalue weighted by Gasteiger charge is 2.17. The van der Waals surface area contributed by atoms with E-state index in [9.17, 15) is 4.79 Å². The molecule has 1 saturated heterocycles. The first kappa shape index (κ1) is 17.6. The summed E-state index contributed by atoms with van der Waals surface area (Å²) in [6.07, 6.45) is 0. The van der Waals surface area contributed by atoms with Crippen molar-refractivity contribution >= 4 is 5.91 Å². The zero-order chi connectivity index (χ0) is 18.0. The van der Waals surface area contributed by atoms with E-state index < -0.39 is 0 Å². The summed E-state index contributed by atoms with van der Waals surface area (Å²) in [6, 6.07) is 10.1. The molecule has 132 valence electrons. The van der Waals surface area contributed by atoms with Crippen LogP contribution in [0, 0.1) is 13.8 Å². The number of pyridine rings is 1. The van der Waals surface area contributed by atoms with Crippen molar-refractivity contribution in [2.45, 2.75) is 20.4 Å². The van der Waals surface area contributed by atoms with Crippen molar-refractivity contribution in [3.05, 3.63) is 52.8 Å². The fraction of sp³-hybridized carbons (Fsp3) is 0.400. The second kappa shape index (κ2) is 7.33. The lowest BCUT2D eigenvalue weighted by Crippen LogP contribution is -2.44. The van der Waals surface area contributed by atoms with Gasteiger partial charge in [0.25, 0.3) is 0 Å². The number of aromatic nitrogens is 1. The molecule has 1 amide bonds. The van der Waals surface area contributed by atoms with E-state index in [2.05, 4.69) is 40.0 Å². The minimum atomic E-state index is -0.363. The molecule has 1 aliphatic rings. The second-order valence-corrected chi connectivity index (χ2v) is 6.95. The Morgan fingerprint density at radius 3 is 2.28 bits per heavy atom. The van der Waals surface area contributed by atoms with Crippen LogP contribution in [0.2, 0.25) is 0 Å². The van der Waals surface area contributed by atoms with Crippen LogP contribution in [0.3, 0.4) is 0 Å². The van der Waals surface area contributed by atoms with Gasteiger partial charge in [0.1, 0.15) is 0 Å². The van der Waals surface area contributed by atoms with Crippen molar-refractivity contribution in [3.8, 4) is 11.1 Å². The first-order valence-electron chi connectivity index (χ1n) is 8.71. The predicted molar refractivity (Wildman–Crippen MR) is 100 cm³/mol. The van der Waals surface area contributed by atoms with Crippen LogP contribution in [-0.4, -0.2) is 53.9 Å². The quantitative estimate of drug-likeness (QED) is 0.928. The standard InChI is InChI=1S/C20H26N4O/c1-14-10-17(11-15(2)22-14)16-4-5-19(20(21)25)18(12-16)13-24-8-6-23(3)7-9-24/h4-5,10-12H,6-9,13H2,1-3H3,(H2,21,25). The highest BCUT2D eigenvalue weighted by atomic mass is 16.1. The van der Waals surface area contributed by atoms with Gasteiger partial charge in [0.2, 0.25) is 5.91 Å². The lowest BCUT2D eigenvalue weighted by atomic mass is 9.98. The van der Waals surface area contributed by atoms with Crippen LogP contribution in [0.15, 0.2) is 30.3 Å². The first-order valence-corrected chi connectivity index (χ1v) is 8.71. The number of hydrogen-bond donors (Lipinski definition) is 1. The minimum absolute atomic E-state index is 0.363. The van der Waals surface area contributed by atoms with E-state index in [4.69, 9.17) is 5.73 Å². The largest absolute Gasteiger partial charge is 0.366 e. The molecule has 0 aliphatic carbocycles. The molecule has 1 aromatic heterocycles. The molecule has 0 bridgehead atoms. The zero-order valence-electron chi connectivity index (χ0n) is 15.2. The maximum Gasteiger partial charge on any atom is 0.249 e. The lowest BCUT2D eigenvalue weighted by molar-refractivity contribution is 0.0996. The molecule has 3 rings (SSSR count). The summed E-state index contributed by atoms with van der Waals surface area (Å²) in [7, 11) is 2.14. The second-order valence-electron chi connectivity index (χ2n) is 6.95. The Balaban J connectivity index is 1.93. The van der Waals surface area contributed by atoms with Crippen molar-refractivity contribution < 1.29 is 4.79 Å². The number of carbonyl (C=O) groups excluding carboxylic acids is 1. The fourth-order valence-electron chi connectivity index (χ4n) is 3.39. The summed E-state index contributed by atoms with van der Waals surface area (Å²) in [6.45, 7) is 8.86. The molecule has 2 heterocycles. The van der Waals surface area contributed by atoms with Gasteiger partial charge in [0.15, 0.2) is 0 Å². The Morgan fingerprint density at radius 1 is 1.04 bits per heavy atom. The van der Waals surface area contributed by atoms with E-state index in [1.807, 2.05) is 26.0 Å². The molecule has 5 nitrogen and oxygen atoms in total. The highest BCUT2D eigenvalue weighted by Crippen LogP contribution is 2.25.